The molecule has 128 valence electrons. The molecular formula is C18H24N4O2. The van der Waals surface area contributed by atoms with Crippen LogP contribution in [0.3, 0.4) is 0 Å². The van der Waals surface area contributed by atoms with Gasteiger partial charge in [0, 0.05) is 30.5 Å². The molecule has 0 spiro atoms. The van der Waals surface area contributed by atoms with Crippen LogP contribution in [0.15, 0.2) is 34.9 Å². The van der Waals surface area contributed by atoms with Gasteiger partial charge in [-0.15, -0.1) is 0 Å². The average Bonchev–Trinajstić information content (AvgIpc) is 3.01. The second-order valence-electron chi connectivity index (χ2n) is 6.27. The lowest BCUT2D eigenvalue weighted by Gasteiger charge is -2.29. The molecule has 2 N–H and O–H groups in total. The molecule has 1 saturated heterocycles. The molecular weight excluding hydrogens is 304 g/mol. The van der Waals surface area contributed by atoms with Gasteiger partial charge in [0.2, 0.25) is 5.91 Å². The van der Waals surface area contributed by atoms with Crippen molar-refractivity contribution in [1.29, 1.82) is 0 Å². The van der Waals surface area contributed by atoms with Gasteiger partial charge in [0.05, 0.1) is 0 Å². The molecule has 0 aliphatic carbocycles. The highest BCUT2D eigenvalue weighted by Crippen LogP contribution is 2.22. The standard InChI is InChI=1S/C18H24N4O2/c1-13-12-17(21-24-13)20-18(23)14(2)19-15-6-8-16(9-7-15)22-10-4-3-5-11-22/h6-9,12,14,19H,3-5,10-11H2,1-2H3,(H,20,21,23)/t14-/m1/s1. The van der Waals surface area contributed by atoms with Gasteiger partial charge in [-0.25, -0.2) is 0 Å². The number of amides is 1. The van der Waals surface area contributed by atoms with Crippen LogP contribution in [0.1, 0.15) is 31.9 Å². The Morgan fingerprint density at radius 3 is 2.54 bits per heavy atom. The molecule has 3 rings (SSSR count). The number of hydrogen-bond donors (Lipinski definition) is 2. The number of nitrogens with zero attached hydrogens (tertiary/aromatic N) is 2. The first-order valence-electron chi connectivity index (χ1n) is 8.47. The van der Waals surface area contributed by atoms with Crippen LogP contribution in [0, 0.1) is 6.92 Å². The minimum Gasteiger partial charge on any atom is -0.374 e. The lowest BCUT2D eigenvalue weighted by molar-refractivity contribution is -0.116. The number of aromatic nitrogens is 1. The van der Waals surface area contributed by atoms with Crippen molar-refractivity contribution in [2.45, 2.75) is 39.2 Å². The Morgan fingerprint density at radius 1 is 1.21 bits per heavy atom. The van der Waals surface area contributed by atoms with Gasteiger partial charge < -0.3 is 20.1 Å². The Morgan fingerprint density at radius 2 is 1.92 bits per heavy atom. The molecule has 2 aromatic rings. The molecule has 6 nitrogen and oxygen atoms in total. The summed E-state index contributed by atoms with van der Waals surface area (Å²) in [5.41, 5.74) is 2.17. The fourth-order valence-corrected chi connectivity index (χ4v) is 2.90. The molecule has 0 unspecified atom stereocenters. The van der Waals surface area contributed by atoms with Crippen molar-refractivity contribution in [2.24, 2.45) is 0 Å². The van der Waals surface area contributed by atoms with Crippen LogP contribution >= 0.6 is 0 Å². The summed E-state index contributed by atoms with van der Waals surface area (Å²) in [7, 11) is 0. The van der Waals surface area contributed by atoms with E-state index >= 15 is 0 Å². The second kappa shape index (κ2) is 7.38. The molecule has 0 radical (unpaired) electrons. The topological polar surface area (TPSA) is 70.4 Å². The minimum absolute atomic E-state index is 0.150. The number of carbonyl (C=O) groups is 1. The predicted octanol–water partition coefficient (Wildman–Crippen LogP) is 3.41. The van der Waals surface area contributed by atoms with Crippen LogP contribution in [0.2, 0.25) is 0 Å². The molecule has 1 aliphatic rings. The molecule has 6 heteroatoms. The quantitative estimate of drug-likeness (QED) is 0.880. The molecule has 1 fully saturated rings. The summed E-state index contributed by atoms with van der Waals surface area (Å²) in [5.74, 6) is 0.953. The molecule has 24 heavy (non-hydrogen) atoms. The number of anilines is 3. The number of nitrogens with one attached hydrogen (secondary N) is 2. The van der Waals surface area contributed by atoms with Crippen molar-refractivity contribution < 1.29 is 9.32 Å². The van der Waals surface area contributed by atoms with Gasteiger partial charge >= 0.3 is 0 Å². The fourth-order valence-electron chi connectivity index (χ4n) is 2.90. The summed E-state index contributed by atoms with van der Waals surface area (Å²) in [4.78, 5) is 14.6. The van der Waals surface area contributed by atoms with Gasteiger partial charge in [-0.3, -0.25) is 4.79 Å². The molecule has 1 aromatic carbocycles. The summed E-state index contributed by atoms with van der Waals surface area (Å²) < 4.78 is 4.94. The fraction of sp³-hybridized carbons (Fsp3) is 0.444. The lowest BCUT2D eigenvalue weighted by atomic mass is 10.1. The third-order valence-electron chi connectivity index (χ3n) is 4.24. The van der Waals surface area contributed by atoms with E-state index in [1.54, 1.807) is 13.0 Å². The third-order valence-corrected chi connectivity index (χ3v) is 4.24. The normalized spacial score (nSPS) is 15.8. The first-order chi connectivity index (χ1) is 11.6. The van der Waals surface area contributed by atoms with Gasteiger partial charge in [-0.1, -0.05) is 5.16 Å². The Bertz CT molecular complexity index is 675. The molecule has 1 aromatic heterocycles. The number of rotatable bonds is 5. The van der Waals surface area contributed by atoms with Gasteiger partial charge in [0.15, 0.2) is 5.82 Å². The summed E-state index contributed by atoms with van der Waals surface area (Å²) in [5, 5.41) is 9.71. The summed E-state index contributed by atoms with van der Waals surface area (Å²) in [6.07, 6.45) is 3.85. The van der Waals surface area contributed by atoms with E-state index in [4.69, 9.17) is 4.52 Å². The van der Waals surface area contributed by atoms with E-state index in [0.717, 1.165) is 18.8 Å². The number of hydrogen-bond acceptors (Lipinski definition) is 5. The van der Waals surface area contributed by atoms with Gasteiger partial charge in [-0.2, -0.15) is 0 Å². The smallest absolute Gasteiger partial charge is 0.247 e. The van der Waals surface area contributed by atoms with Crippen molar-refractivity contribution in [3.05, 3.63) is 36.1 Å². The molecule has 1 atom stereocenters. The maximum Gasteiger partial charge on any atom is 0.247 e. The number of piperidine rings is 1. The molecule has 1 aliphatic heterocycles. The van der Waals surface area contributed by atoms with E-state index in [2.05, 4.69) is 32.8 Å². The first-order valence-corrected chi connectivity index (χ1v) is 8.47. The first kappa shape index (κ1) is 16.4. The van der Waals surface area contributed by atoms with Gasteiger partial charge in [0.25, 0.3) is 0 Å². The lowest BCUT2D eigenvalue weighted by Crippen LogP contribution is -2.32. The van der Waals surface area contributed by atoms with E-state index in [1.807, 2.05) is 19.1 Å². The van der Waals surface area contributed by atoms with Crippen LogP contribution in [-0.4, -0.2) is 30.2 Å². The average molecular weight is 328 g/mol. The number of benzene rings is 1. The minimum atomic E-state index is -0.372. The number of aryl methyl sites for hydroxylation is 1. The largest absolute Gasteiger partial charge is 0.374 e. The van der Waals surface area contributed by atoms with Crippen LogP contribution in [0.4, 0.5) is 17.2 Å². The zero-order chi connectivity index (χ0) is 16.9. The molecule has 1 amide bonds. The maximum atomic E-state index is 12.2. The summed E-state index contributed by atoms with van der Waals surface area (Å²) in [6, 6.07) is 9.58. The second-order valence-corrected chi connectivity index (χ2v) is 6.27. The van der Waals surface area contributed by atoms with Crippen molar-refractivity contribution in [2.75, 3.05) is 28.6 Å². The Labute approximate surface area is 142 Å². The van der Waals surface area contributed by atoms with Crippen molar-refractivity contribution >= 4 is 23.1 Å². The SMILES string of the molecule is Cc1cc(NC(=O)[C@@H](C)Nc2ccc(N3CCCCC3)cc2)no1. The molecule has 2 heterocycles. The summed E-state index contributed by atoms with van der Waals surface area (Å²) >= 11 is 0. The Hall–Kier alpha value is -2.50. The van der Waals surface area contributed by atoms with Gasteiger partial charge in [-0.05, 0) is 57.4 Å². The summed E-state index contributed by atoms with van der Waals surface area (Å²) in [6.45, 7) is 5.86. The van der Waals surface area contributed by atoms with Crippen molar-refractivity contribution in [3.8, 4) is 0 Å². The number of carbonyl (C=O) groups excluding carboxylic acids is 1. The highest BCUT2D eigenvalue weighted by molar-refractivity contribution is 5.95. The highest BCUT2D eigenvalue weighted by Gasteiger charge is 2.15. The van der Waals surface area contributed by atoms with E-state index in [-0.39, 0.29) is 11.9 Å². The predicted molar refractivity (Wildman–Crippen MR) is 95.5 cm³/mol. The third kappa shape index (κ3) is 4.07. The molecule has 0 bridgehead atoms. The zero-order valence-electron chi connectivity index (χ0n) is 14.2. The highest BCUT2D eigenvalue weighted by atomic mass is 16.5. The van der Waals surface area contributed by atoms with E-state index in [9.17, 15) is 4.79 Å². The molecule has 0 saturated carbocycles. The van der Waals surface area contributed by atoms with Crippen molar-refractivity contribution in [3.63, 3.8) is 0 Å². The van der Waals surface area contributed by atoms with E-state index in [1.165, 1.54) is 24.9 Å². The maximum absolute atomic E-state index is 12.2. The van der Waals surface area contributed by atoms with Crippen LogP contribution in [-0.2, 0) is 4.79 Å². The van der Waals surface area contributed by atoms with Gasteiger partial charge in [0.1, 0.15) is 11.8 Å². The van der Waals surface area contributed by atoms with E-state index in [0.29, 0.717) is 11.6 Å². The monoisotopic (exact) mass is 328 g/mol. The van der Waals surface area contributed by atoms with Crippen LogP contribution < -0.4 is 15.5 Å². The zero-order valence-corrected chi connectivity index (χ0v) is 14.2. The van der Waals surface area contributed by atoms with E-state index < -0.39 is 0 Å². The van der Waals surface area contributed by atoms with Crippen molar-refractivity contribution in [1.82, 2.24) is 5.16 Å². The van der Waals surface area contributed by atoms with Crippen LogP contribution in [0.5, 0.6) is 0 Å². The van der Waals surface area contributed by atoms with Crippen LogP contribution in [0.25, 0.3) is 0 Å². The Kier molecular flexibility index (Phi) is 5.03. The Balaban J connectivity index is 1.55.